The zero-order chi connectivity index (χ0) is 14.2. The van der Waals surface area contributed by atoms with Crippen LogP contribution in [0.5, 0.6) is 0 Å². The van der Waals surface area contributed by atoms with E-state index in [0.29, 0.717) is 5.92 Å². The fraction of sp³-hybridized carbons (Fsp3) is 1.00. The Balaban J connectivity index is 1.62. The number of unbranched alkanes of at least 4 members (excludes halogenated alkanes) is 2. The monoisotopic (exact) mass is 282 g/mol. The Labute approximate surface area is 125 Å². The maximum absolute atomic E-state index is 12.4. The van der Waals surface area contributed by atoms with Crippen molar-refractivity contribution >= 4 is 0 Å². The largest absolute Gasteiger partial charge is 0.251 e. The molecule has 0 aliphatic heterocycles. The molecule has 0 aromatic heterocycles. The summed E-state index contributed by atoms with van der Waals surface area (Å²) in [6.45, 7) is 2.20. The Morgan fingerprint density at radius 1 is 0.700 bits per heavy atom. The summed E-state index contributed by atoms with van der Waals surface area (Å²) < 4.78 is 12.4. The SMILES string of the molecule is CCCCC[C@H]1CC[C@H]([C@H]2CC[C@H](CCF)CC2)CC1. The topological polar surface area (TPSA) is 0 Å². The summed E-state index contributed by atoms with van der Waals surface area (Å²) in [5, 5.41) is 0. The van der Waals surface area contributed by atoms with Gasteiger partial charge in [-0.1, -0.05) is 58.3 Å². The molecule has 0 spiro atoms. The van der Waals surface area contributed by atoms with Gasteiger partial charge < -0.3 is 0 Å². The van der Waals surface area contributed by atoms with Crippen LogP contribution in [0.2, 0.25) is 0 Å². The van der Waals surface area contributed by atoms with E-state index in [0.717, 1.165) is 24.2 Å². The Morgan fingerprint density at radius 2 is 1.20 bits per heavy atom. The van der Waals surface area contributed by atoms with Crippen LogP contribution in [0.25, 0.3) is 0 Å². The molecule has 0 atom stereocenters. The van der Waals surface area contributed by atoms with E-state index in [1.54, 1.807) is 0 Å². The first kappa shape index (κ1) is 16.3. The van der Waals surface area contributed by atoms with E-state index in [1.165, 1.54) is 77.0 Å². The van der Waals surface area contributed by atoms with E-state index in [4.69, 9.17) is 0 Å². The average molecular weight is 282 g/mol. The summed E-state index contributed by atoms with van der Waals surface area (Å²) in [6.07, 6.45) is 18.0. The van der Waals surface area contributed by atoms with Gasteiger partial charge >= 0.3 is 0 Å². The molecular formula is C19H35F. The molecule has 2 aliphatic rings. The van der Waals surface area contributed by atoms with E-state index in [-0.39, 0.29) is 6.67 Å². The Morgan fingerprint density at radius 3 is 1.65 bits per heavy atom. The first-order valence-electron chi connectivity index (χ1n) is 9.39. The molecule has 0 heterocycles. The molecule has 118 valence electrons. The lowest BCUT2D eigenvalue weighted by Crippen LogP contribution is -2.26. The Hall–Kier alpha value is -0.0700. The minimum Gasteiger partial charge on any atom is -0.251 e. The number of alkyl halides is 1. The Bertz CT molecular complexity index is 234. The van der Waals surface area contributed by atoms with Crippen LogP contribution in [0, 0.1) is 23.7 Å². The lowest BCUT2D eigenvalue weighted by Gasteiger charge is -2.37. The van der Waals surface area contributed by atoms with Gasteiger partial charge in [0.15, 0.2) is 0 Å². The van der Waals surface area contributed by atoms with Gasteiger partial charge in [0.2, 0.25) is 0 Å². The van der Waals surface area contributed by atoms with Crippen LogP contribution in [0.4, 0.5) is 4.39 Å². The van der Waals surface area contributed by atoms with Crippen LogP contribution in [0.1, 0.15) is 90.4 Å². The fourth-order valence-electron chi connectivity index (χ4n) is 4.73. The average Bonchev–Trinajstić information content (AvgIpc) is 2.49. The van der Waals surface area contributed by atoms with E-state index in [9.17, 15) is 4.39 Å². The molecule has 1 heteroatoms. The van der Waals surface area contributed by atoms with Crippen LogP contribution in [0.3, 0.4) is 0 Å². The van der Waals surface area contributed by atoms with Gasteiger partial charge in [-0.2, -0.15) is 0 Å². The van der Waals surface area contributed by atoms with Gasteiger partial charge in [-0.3, -0.25) is 4.39 Å². The van der Waals surface area contributed by atoms with Crippen LogP contribution < -0.4 is 0 Å². The van der Waals surface area contributed by atoms with Crippen molar-refractivity contribution in [1.82, 2.24) is 0 Å². The van der Waals surface area contributed by atoms with E-state index in [1.807, 2.05) is 0 Å². The van der Waals surface area contributed by atoms with Crippen LogP contribution in [-0.4, -0.2) is 6.67 Å². The van der Waals surface area contributed by atoms with Crippen molar-refractivity contribution in [3.05, 3.63) is 0 Å². The molecule has 0 aromatic rings. The highest BCUT2D eigenvalue weighted by molar-refractivity contribution is 4.82. The molecule has 0 unspecified atom stereocenters. The normalized spacial score (nSPS) is 35.1. The molecule has 0 bridgehead atoms. The second kappa shape index (κ2) is 9.05. The first-order valence-corrected chi connectivity index (χ1v) is 9.39. The highest BCUT2D eigenvalue weighted by Crippen LogP contribution is 2.42. The van der Waals surface area contributed by atoms with Crippen molar-refractivity contribution in [2.45, 2.75) is 90.4 Å². The third-order valence-electron chi connectivity index (χ3n) is 6.18. The quantitative estimate of drug-likeness (QED) is 0.465. The van der Waals surface area contributed by atoms with Gasteiger partial charge in [0, 0.05) is 0 Å². The van der Waals surface area contributed by atoms with Crippen LogP contribution >= 0.6 is 0 Å². The number of rotatable bonds is 7. The summed E-state index contributed by atoms with van der Waals surface area (Å²) in [5.41, 5.74) is 0. The second-order valence-corrected chi connectivity index (χ2v) is 7.54. The third kappa shape index (κ3) is 5.04. The molecule has 20 heavy (non-hydrogen) atoms. The highest BCUT2D eigenvalue weighted by Gasteiger charge is 2.30. The molecule has 0 amide bonds. The minimum atomic E-state index is -0.0990. The summed E-state index contributed by atoms with van der Waals surface area (Å²) in [4.78, 5) is 0. The third-order valence-corrected chi connectivity index (χ3v) is 6.18. The van der Waals surface area contributed by atoms with Gasteiger partial charge in [0.05, 0.1) is 6.67 Å². The zero-order valence-electron chi connectivity index (χ0n) is 13.6. The van der Waals surface area contributed by atoms with Crippen LogP contribution in [-0.2, 0) is 0 Å². The van der Waals surface area contributed by atoms with Crippen molar-refractivity contribution in [2.75, 3.05) is 6.67 Å². The predicted octanol–water partition coefficient (Wildman–Crippen LogP) is 6.54. The van der Waals surface area contributed by atoms with Crippen molar-refractivity contribution in [1.29, 1.82) is 0 Å². The molecule has 2 saturated carbocycles. The van der Waals surface area contributed by atoms with Crippen molar-refractivity contribution < 1.29 is 4.39 Å². The van der Waals surface area contributed by atoms with Gasteiger partial charge in [-0.15, -0.1) is 0 Å². The molecule has 2 aliphatic carbocycles. The van der Waals surface area contributed by atoms with E-state index in [2.05, 4.69) is 6.92 Å². The maximum Gasteiger partial charge on any atom is 0.0897 e. The molecule has 0 aromatic carbocycles. The van der Waals surface area contributed by atoms with Crippen molar-refractivity contribution in [2.24, 2.45) is 23.7 Å². The van der Waals surface area contributed by atoms with Crippen molar-refractivity contribution in [3.8, 4) is 0 Å². The number of halogens is 1. The van der Waals surface area contributed by atoms with Gasteiger partial charge in [0.25, 0.3) is 0 Å². The molecule has 2 fully saturated rings. The van der Waals surface area contributed by atoms with Gasteiger partial charge in [-0.05, 0) is 55.8 Å². The lowest BCUT2D eigenvalue weighted by molar-refractivity contribution is 0.138. The van der Waals surface area contributed by atoms with Gasteiger partial charge in [0.1, 0.15) is 0 Å². The minimum absolute atomic E-state index is 0.0990. The molecule has 0 nitrogen and oxygen atoms in total. The smallest absolute Gasteiger partial charge is 0.0897 e. The molecular weight excluding hydrogens is 247 g/mol. The predicted molar refractivity (Wildman–Crippen MR) is 85.6 cm³/mol. The number of hydrogen-bond donors (Lipinski definition) is 0. The number of hydrogen-bond acceptors (Lipinski definition) is 0. The van der Waals surface area contributed by atoms with Crippen LogP contribution in [0.15, 0.2) is 0 Å². The summed E-state index contributed by atoms with van der Waals surface area (Å²) >= 11 is 0. The van der Waals surface area contributed by atoms with E-state index >= 15 is 0 Å². The lowest BCUT2D eigenvalue weighted by atomic mass is 9.68. The fourth-order valence-corrected chi connectivity index (χ4v) is 4.73. The standard InChI is InChI=1S/C19H35F/c1-2-3-4-5-16-6-10-18(11-7-16)19-12-8-17(9-13-19)14-15-20/h16-19H,2-15H2,1H3/t16-,17-,18-,19-. The highest BCUT2D eigenvalue weighted by atomic mass is 19.1. The molecule has 0 N–H and O–H groups in total. The summed E-state index contributed by atoms with van der Waals surface area (Å²) in [6, 6.07) is 0. The second-order valence-electron chi connectivity index (χ2n) is 7.54. The molecule has 0 saturated heterocycles. The summed E-state index contributed by atoms with van der Waals surface area (Å²) in [5.74, 6) is 3.76. The van der Waals surface area contributed by atoms with Crippen molar-refractivity contribution in [3.63, 3.8) is 0 Å². The zero-order valence-corrected chi connectivity index (χ0v) is 13.6. The molecule has 0 radical (unpaired) electrons. The molecule has 2 rings (SSSR count). The summed E-state index contributed by atoms with van der Waals surface area (Å²) in [7, 11) is 0. The van der Waals surface area contributed by atoms with Gasteiger partial charge in [-0.25, -0.2) is 0 Å². The maximum atomic E-state index is 12.4. The first-order chi connectivity index (χ1) is 9.83. The Kier molecular flexibility index (Phi) is 7.38. The van der Waals surface area contributed by atoms with E-state index < -0.39 is 0 Å².